The molecule has 1 heterocycles. The average molecular weight is 218 g/mol. The third-order valence-corrected chi connectivity index (χ3v) is 3.23. The lowest BCUT2D eigenvalue weighted by atomic mass is 10.1. The monoisotopic (exact) mass is 218 g/mol. The molecule has 0 radical (unpaired) electrons. The van der Waals surface area contributed by atoms with Gasteiger partial charge in [-0.2, -0.15) is 0 Å². The number of nitrogens with zero attached hydrogens (tertiary/aromatic N) is 1. The highest BCUT2D eigenvalue weighted by Crippen LogP contribution is 2.11. The Bertz CT molecular complexity index is 389. The maximum Gasteiger partial charge on any atom is 0.239 e. The summed E-state index contributed by atoms with van der Waals surface area (Å²) in [5.41, 5.74) is 2.54. The first-order valence-corrected chi connectivity index (χ1v) is 5.71. The van der Waals surface area contributed by atoms with Crippen molar-refractivity contribution in [2.24, 2.45) is 0 Å². The third kappa shape index (κ3) is 2.25. The second-order valence-electron chi connectivity index (χ2n) is 4.41. The molecule has 0 bridgehead atoms. The fourth-order valence-electron chi connectivity index (χ4n) is 2.05. The smallest absolute Gasteiger partial charge is 0.239 e. The average Bonchev–Trinajstić information content (AvgIpc) is 2.59. The van der Waals surface area contributed by atoms with Crippen LogP contribution in [0.15, 0.2) is 24.3 Å². The van der Waals surface area contributed by atoms with E-state index in [9.17, 15) is 4.79 Å². The maximum atomic E-state index is 11.7. The molecule has 3 heteroatoms. The summed E-state index contributed by atoms with van der Waals surface area (Å²) in [4.78, 5) is 13.5. The molecular weight excluding hydrogens is 200 g/mol. The molecule has 0 saturated carbocycles. The van der Waals surface area contributed by atoms with E-state index in [1.807, 2.05) is 19.2 Å². The minimum absolute atomic E-state index is 0.00426. The number of likely N-dealkylation sites (tertiary alicyclic amines) is 1. The molecular formula is C13H18N2O. The zero-order valence-electron chi connectivity index (χ0n) is 9.86. The highest BCUT2D eigenvalue weighted by Gasteiger charge is 2.28. The van der Waals surface area contributed by atoms with Crippen molar-refractivity contribution in [2.75, 3.05) is 13.6 Å². The van der Waals surface area contributed by atoms with Crippen LogP contribution in [0.1, 0.15) is 17.5 Å². The first-order chi connectivity index (χ1) is 7.68. The summed E-state index contributed by atoms with van der Waals surface area (Å²) in [6.07, 6.45) is 0.918. The summed E-state index contributed by atoms with van der Waals surface area (Å²) in [5.74, 6) is 0.216. The molecule has 86 valence electrons. The van der Waals surface area contributed by atoms with E-state index in [-0.39, 0.29) is 11.9 Å². The maximum absolute atomic E-state index is 11.7. The number of likely N-dealkylation sites (N-methyl/N-ethyl adjacent to an activating group) is 1. The van der Waals surface area contributed by atoms with E-state index < -0.39 is 0 Å². The molecule has 1 N–H and O–H groups in total. The van der Waals surface area contributed by atoms with Gasteiger partial charge in [0.15, 0.2) is 0 Å². The second kappa shape index (κ2) is 4.66. The number of amides is 1. The van der Waals surface area contributed by atoms with Gasteiger partial charge >= 0.3 is 0 Å². The van der Waals surface area contributed by atoms with Gasteiger partial charge in [0.1, 0.15) is 0 Å². The van der Waals surface area contributed by atoms with Crippen molar-refractivity contribution < 1.29 is 4.79 Å². The minimum atomic E-state index is 0.00426. The summed E-state index contributed by atoms with van der Waals surface area (Å²) < 4.78 is 0. The van der Waals surface area contributed by atoms with Crippen LogP contribution in [-0.2, 0) is 11.3 Å². The zero-order valence-corrected chi connectivity index (χ0v) is 9.86. The SMILES string of the molecule is Cc1ccccc1CNC1CCN(C)C1=O. The number of nitrogens with one attached hydrogen (secondary N) is 1. The van der Waals surface area contributed by atoms with Crippen LogP contribution in [0.25, 0.3) is 0 Å². The van der Waals surface area contributed by atoms with Gasteiger partial charge in [-0.1, -0.05) is 24.3 Å². The molecule has 1 atom stereocenters. The van der Waals surface area contributed by atoms with Gasteiger partial charge in [-0.05, 0) is 24.5 Å². The van der Waals surface area contributed by atoms with Crippen LogP contribution in [0.4, 0.5) is 0 Å². The molecule has 0 aliphatic carbocycles. The summed E-state index contributed by atoms with van der Waals surface area (Å²) in [5, 5.41) is 3.33. The first-order valence-electron chi connectivity index (χ1n) is 5.71. The summed E-state index contributed by atoms with van der Waals surface area (Å²) in [6.45, 7) is 3.74. The van der Waals surface area contributed by atoms with Gasteiger partial charge in [-0.3, -0.25) is 4.79 Å². The zero-order chi connectivity index (χ0) is 11.5. The normalized spacial score (nSPS) is 20.5. The third-order valence-electron chi connectivity index (χ3n) is 3.23. The fourth-order valence-corrected chi connectivity index (χ4v) is 2.05. The Labute approximate surface area is 96.5 Å². The lowest BCUT2D eigenvalue weighted by Gasteiger charge is -2.13. The molecule has 1 aliphatic rings. The quantitative estimate of drug-likeness (QED) is 0.829. The number of aryl methyl sites for hydroxylation is 1. The molecule has 1 saturated heterocycles. The molecule has 0 spiro atoms. The van der Waals surface area contributed by atoms with Crippen LogP contribution >= 0.6 is 0 Å². The van der Waals surface area contributed by atoms with E-state index in [1.54, 1.807) is 4.90 Å². The Morgan fingerprint density at radius 1 is 1.44 bits per heavy atom. The van der Waals surface area contributed by atoms with Crippen molar-refractivity contribution in [3.05, 3.63) is 35.4 Å². The Hall–Kier alpha value is -1.35. The van der Waals surface area contributed by atoms with Crippen molar-refractivity contribution in [3.63, 3.8) is 0 Å². The van der Waals surface area contributed by atoms with Crippen LogP contribution in [0.2, 0.25) is 0 Å². The second-order valence-corrected chi connectivity index (χ2v) is 4.41. The highest BCUT2D eigenvalue weighted by molar-refractivity contribution is 5.83. The van der Waals surface area contributed by atoms with Crippen molar-refractivity contribution in [3.8, 4) is 0 Å². The molecule has 2 rings (SSSR count). The predicted molar refractivity (Wildman–Crippen MR) is 64.1 cm³/mol. The molecule has 1 aromatic carbocycles. The molecule has 1 fully saturated rings. The number of rotatable bonds is 3. The lowest BCUT2D eigenvalue weighted by Crippen LogP contribution is -2.36. The Balaban J connectivity index is 1.93. The van der Waals surface area contributed by atoms with E-state index >= 15 is 0 Å². The Morgan fingerprint density at radius 3 is 2.81 bits per heavy atom. The lowest BCUT2D eigenvalue weighted by molar-refractivity contribution is -0.128. The molecule has 16 heavy (non-hydrogen) atoms. The van der Waals surface area contributed by atoms with Crippen LogP contribution in [-0.4, -0.2) is 30.4 Å². The van der Waals surface area contributed by atoms with Gasteiger partial charge in [0.05, 0.1) is 6.04 Å². The largest absolute Gasteiger partial charge is 0.344 e. The number of carbonyl (C=O) groups is 1. The van der Waals surface area contributed by atoms with Gasteiger partial charge in [0.25, 0.3) is 0 Å². The highest BCUT2D eigenvalue weighted by atomic mass is 16.2. The van der Waals surface area contributed by atoms with E-state index in [0.29, 0.717) is 0 Å². The van der Waals surface area contributed by atoms with Crippen molar-refractivity contribution in [1.82, 2.24) is 10.2 Å². The van der Waals surface area contributed by atoms with Gasteiger partial charge in [0.2, 0.25) is 5.91 Å². The standard InChI is InChI=1S/C13H18N2O/c1-10-5-3-4-6-11(10)9-14-12-7-8-15(2)13(12)16/h3-6,12,14H,7-9H2,1-2H3. The molecule has 1 amide bonds. The summed E-state index contributed by atoms with van der Waals surface area (Å²) in [6, 6.07) is 8.27. The Morgan fingerprint density at radius 2 is 2.19 bits per heavy atom. The summed E-state index contributed by atoms with van der Waals surface area (Å²) in [7, 11) is 1.86. The van der Waals surface area contributed by atoms with Crippen LogP contribution < -0.4 is 5.32 Å². The number of carbonyl (C=O) groups excluding carboxylic acids is 1. The summed E-state index contributed by atoms with van der Waals surface area (Å²) >= 11 is 0. The minimum Gasteiger partial charge on any atom is -0.344 e. The topological polar surface area (TPSA) is 32.3 Å². The Kier molecular flexibility index (Phi) is 3.25. The van der Waals surface area contributed by atoms with Crippen molar-refractivity contribution >= 4 is 5.91 Å². The van der Waals surface area contributed by atoms with Gasteiger partial charge in [-0.15, -0.1) is 0 Å². The number of hydrogen-bond acceptors (Lipinski definition) is 2. The number of benzene rings is 1. The van der Waals surface area contributed by atoms with Crippen LogP contribution in [0, 0.1) is 6.92 Å². The number of hydrogen-bond donors (Lipinski definition) is 1. The van der Waals surface area contributed by atoms with E-state index in [1.165, 1.54) is 11.1 Å². The van der Waals surface area contributed by atoms with E-state index in [0.717, 1.165) is 19.5 Å². The van der Waals surface area contributed by atoms with Crippen LogP contribution in [0.3, 0.4) is 0 Å². The predicted octanol–water partition coefficient (Wildman–Crippen LogP) is 1.32. The van der Waals surface area contributed by atoms with Crippen LogP contribution in [0.5, 0.6) is 0 Å². The van der Waals surface area contributed by atoms with E-state index in [4.69, 9.17) is 0 Å². The first kappa shape index (κ1) is 11.1. The fraction of sp³-hybridized carbons (Fsp3) is 0.462. The van der Waals surface area contributed by atoms with Gasteiger partial charge in [0, 0.05) is 20.1 Å². The van der Waals surface area contributed by atoms with E-state index in [2.05, 4.69) is 24.4 Å². The molecule has 3 nitrogen and oxygen atoms in total. The van der Waals surface area contributed by atoms with Crippen molar-refractivity contribution in [2.45, 2.75) is 25.9 Å². The van der Waals surface area contributed by atoms with Crippen molar-refractivity contribution in [1.29, 1.82) is 0 Å². The molecule has 1 aromatic rings. The molecule has 1 aliphatic heterocycles. The van der Waals surface area contributed by atoms with Gasteiger partial charge in [-0.25, -0.2) is 0 Å². The molecule has 1 unspecified atom stereocenters. The molecule has 0 aromatic heterocycles. The van der Waals surface area contributed by atoms with Gasteiger partial charge < -0.3 is 10.2 Å².